The van der Waals surface area contributed by atoms with Crippen molar-refractivity contribution in [2.75, 3.05) is 13.2 Å². The second-order valence-electron chi connectivity index (χ2n) is 3.55. The molecule has 0 spiro atoms. The molecule has 0 radical (unpaired) electrons. The minimum absolute atomic E-state index is 0.126. The first-order valence-electron chi connectivity index (χ1n) is 4.57. The van der Waals surface area contributed by atoms with E-state index < -0.39 is 11.9 Å². The molecule has 0 aliphatic heterocycles. The van der Waals surface area contributed by atoms with E-state index in [-0.39, 0.29) is 31.4 Å². The van der Waals surface area contributed by atoms with Crippen LogP contribution in [0.5, 0.6) is 0 Å². The van der Waals surface area contributed by atoms with Crippen molar-refractivity contribution >= 4 is 11.9 Å². The number of aliphatic hydroxyl groups is 1. The molecule has 14 heavy (non-hydrogen) atoms. The quantitative estimate of drug-likeness (QED) is 0.560. The van der Waals surface area contributed by atoms with E-state index in [1.165, 1.54) is 0 Å². The molecule has 0 saturated heterocycles. The average Bonchev–Trinajstić information content (AvgIpc) is 2.10. The van der Waals surface area contributed by atoms with E-state index in [2.05, 4.69) is 5.32 Å². The molecule has 0 aliphatic carbocycles. The van der Waals surface area contributed by atoms with Crippen LogP contribution in [0.4, 0.5) is 0 Å². The van der Waals surface area contributed by atoms with Crippen LogP contribution in [0.2, 0.25) is 0 Å². The number of rotatable bonds is 6. The lowest BCUT2D eigenvalue weighted by Gasteiger charge is -2.13. The molecule has 0 aromatic carbocycles. The van der Waals surface area contributed by atoms with Crippen molar-refractivity contribution in [1.29, 1.82) is 0 Å². The van der Waals surface area contributed by atoms with Crippen LogP contribution in [0.3, 0.4) is 0 Å². The Balaban J connectivity index is 3.83. The van der Waals surface area contributed by atoms with Crippen LogP contribution in [0, 0.1) is 11.8 Å². The van der Waals surface area contributed by atoms with Crippen LogP contribution in [-0.2, 0) is 9.59 Å². The molecule has 82 valence electrons. The molecule has 0 heterocycles. The summed E-state index contributed by atoms with van der Waals surface area (Å²) in [6, 6.07) is 0. The fraction of sp³-hybridized carbons (Fsp3) is 0.778. The highest BCUT2D eigenvalue weighted by molar-refractivity contribution is 5.77. The fourth-order valence-electron chi connectivity index (χ4n) is 0.897. The predicted molar refractivity (Wildman–Crippen MR) is 50.7 cm³/mol. The molecule has 1 amide bonds. The van der Waals surface area contributed by atoms with Gasteiger partial charge in [0.05, 0.1) is 6.42 Å². The SMILES string of the molecule is CC(C)C(=O)NCC(CO)CC(=O)O. The van der Waals surface area contributed by atoms with E-state index in [0.717, 1.165) is 0 Å². The Bertz CT molecular complexity index is 203. The highest BCUT2D eigenvalue weighted by atomic mass is 16.4. The first kappa shape index (κ1) is 12.9. The molecule has 5 nitrogen and oxygen atoms in total. The van der Waals surface area contributed by atoms with E-state index in [0.29, 0.717) is 0 Å². The summed E-state index contributed by atoms with van der Waals surface area (Å²) in [5.74, 6) is -1.63. The number of hydrogen-bond donors (Lipinski definition) is 3. The fourth-order valence-corrected chi connectivity index (χ4v) is 0.897. The van der Waals surface area contributed by atoms with Gasteiger partial charge in [-0.25, -0.2) is 0 Å². The standard InChI is InChI=1S/C9H17NO4/c1-6(2)9(14)10-4-7(5-11)3-8(12)13/h6-7,11H,3-5H2,1-2H3,(H,10,14)(H,12,13). The Labute approximate surface area is 83.1 Å². The van der Waals surface area contributed by atoms with Gasteiger partial charge in [-0.2, -0.15) is 0 Å². The lowest BCUT2D eigenvalue weighted by molar-refractivity contribution is -0.138. The number of carboxylic acids is 1. The summed E-state index contributed by atoms with van der Waals surface area (Å²) >= 11 is 0. The van der Waals surface area contributed by atoms with Gasteiger partial charge >= 0.3 is 5.97 Å². The molecule has 0 bridgehead atoms. The molecule has 5 heteroatoms. The summed E-state index contributed by atoms with van der Waals surface area (Å²) in [4.78, 5) is 21.4. The topological polar surface area (TPSA) is 86.6 Å². The summed E-state index contributed by atoms with van der Waals surface area (Å²) in [5.41, 5.74) is 0. The van der Waals surface area contributed by atoms with E-state index >= 15 is 0 Å². The molecule has 0 rings (SSSR count). The third-order valence-corrected chi connectivity index (χ3v) is 1.81. The Morgan fingerprint density at radius 1 is 1.36 bits per heavy atom. The van der Waals surface area contributed by atoms with Gasteiger partial charge in [0.15, 0.2) is 0 Å². The first-order valence-corrected chi connectivity index (χ1v) is 4.57. The third-order valence-electron chi connectivity index (χ3n) is 1.81. The Morgan fingerprint density at radius 2 is 1.93 bits per heavy atom. The molecule has 0 fully saturated rings. The van der Waals surface area contributed by atoms with Crippen LogP contribution in [-0.4, -0.2) is 35.2 Å². The Kier molecular flexibility index (Phi) is 5.87. The smallest absolute Gasteiger partial charge is 0.303 e. The largest absolute Gasteiger partial charge is 0.481 e. The summed E-state index contributed by atoms with van der Waals surface area (Å²) in [6.45, 7) is 3.48. The molecular formula is C9H17NO4. The summed E-state index contributed by atoms with van der Waals surface area (Å²) in [7, 11) is 0. The zero-order valence-electron chi connectivity index (χ0n) is 8.49. The van der Waals surface area contributed by atoms with Gasteiger partial charge in [0.2, 0.25) is 5.91 Å². The molecule has 1 unspecified atom stereocenters. The van der Waals surface area contributed by atoms with Gasteiger partial charge in [-0.1, -0.05) is 13.8 Å². The number of carboxylic acid groups (broad SMARTS) is 1. The van der Waals surface area contributed by atoms with Gasteiger partial charge in [0.1, 0.15) is 0 Å². The number of nitrogens with one attached hydrogen (secondary N) is 1. The molecule has 3 N–H and O–H groups in total. The van der Waals surface area contributed by atoms with Crippen molar-refractivity contribution in [3.63, 3.8) is 0 Å². The van der Waals surface area contributed by atoms with Crippen LogP contribution < -0.4 is 5.32 Å². The number of carbonyl (C=O) groups excluding carboxylic acids is 1. The van der Waals surface area contributed by atoms with Crippen LogP contribution in [0.1, 0.15) is 20.3 Å². The Morgan fingerprint density at radius 3 is 2.29 bits per heavy atom. The third kappa shape index (κ3) is 5.53. The van der Waals surface area contributed by atoms with Crippen LogP contribution in [0.25, 0.3) is 0 Å². The first-order chi connectivity index (χ1) is 6.47. The minimum atomic E-state index is -0.970. The maximum atomic E-state index is 11.1. The second-order valence-corrected chi connectivity index (χ2v) is 3.55. The normalized spacial score (nSPS) is 12.6. The maximum Gasteiger partial charge on any atom is 0.303 e. The van der Waals surface area contributed by atoms with Crippen molar-refractivity contribution in [2.45, 2.75) is 20.3 Å². The molecule has 0 aromatic heterocycles. The van der Waals surface area contributed by atoms with E-state index in [1.54, 1.807) is 13.8 Å². The monoisotopic (exact) mass is 203 g/mol. The minimum Gasteiger partial charge on any atom is -0.481 e. The highest BCUT2D eigenvalue weighted by Gasteiger charge is 2.14. The number of aliphatic hydroxyl groups excluding tert-OH is 1. The van der Waals surface area contributed by atoms with Gasteiger partial charge in [0.25, 0.3) is 0 Å². The lowest BCUT2D eigenvalue weighted by atomic mass is 10.1. The van der Waals surface area contributed by atoms with E-state index in [1.807, 2.05) is 0 Å². The highest BCUT2D eigenvalue weighted by Crippen LogP contribution is 2.01. The van der Waals surface area contributed by atoms with Crippen molar-refractivity contribution in [1.82, 2.24) is 5.32 Å². The second kappa shape index (κ2) is 6.37. The van der Waals surface area contributed by atoms with Gasteiger partial charge in [-0.05, 0) is 0 Å². The van der Waals surface area contributed by atoms with Crippen LogP contribution in [0.15, 0.2) is 0 Å². The Hall–Kier alpha value is -1.10. The zero-order valence-corrected chi connectivity index (χ0v) is 8.49. The molecule has 0 aliphatic rings. The van der Waals surface area contributed by atoms with E-state index in [4.69, 9.17) is 10.2 Å². The van der Waals surface area contributed by atoms with Gasteiger partial charge in [0, 0.05) is 25.0 Å². The van der Waals surface area contributed by atoms with Gasteiger partial charge in [-0.15, -0.1) is 0 Å². The summed E-state index contributed by atoms with van der Waals surface area (Å²) in [5, 5.41) is 19.9. The molecule has 0 saturated carbocycles. The number of carbonyl (C=O) groups is 2. The molecular weight excluding hydrogens is 186 g/mol. The van der Waals surface area contributed by atoms with Gasteiger partial charge < -0.3 is 15.5 Å². The van der Waals surface area contributed by atoms with Gasteiger partial charge in [-0.3, -0.25) is 9.59 Å². The zero-order chi connectivity index (χ0) is 11.1. The molecule has 0 aromatic rings. The number of hydrogen-bond acceptors (Lipinski definition) is 3. The van der Waals surface area contributed by atoms with Crippen molar-refractivity contribution in [3.05, 3.63) is 0 Å². The summed E-state index contributed by atoms with van der Waals surface area (Å²) < 4.78 is 0. The summed E-state index contributed by atoms with van der Waals surface area (Å²) in [6.07, 6.45) is -0.130. The predicted octanol–water partition coefficient (Wildman–Crippen LogP) is -0.158. The lowest BCUT2D eigenvalue weighted by Crippen LogP contribution is -2.34. The van der Waals surface area contributed by atoms with Crippen molar-refractivity contribution < 1.29 is 19.8 Å². The van der Waals surface area contributed by atoms with Crippen molar-refractivity contribution in [2.24, 2.45) is 11.8 Å². The number of aliphatic carboxylic acids is 1. The maximum absolute atomic E-state index is 11.1. The average molecular weight is 203 g/mol. The van der Waals surface area contributed by atoms with E-state index in [9.17, 15) is 9.59 Å². The molecule has 1 atom stereocenters. The number of amides is 1. The van der Waals surface area contributed by atoms with Crippen LogP contribution >= 0.6 is 0 Å². The van der Waals surface area contributed by atoms with Crippen molar-refractivity contribution in [3.8, 4) is 0 Å².